The standard InChI is InChI=1S/C19H22N2O4/c22-13-3-1-2-4-14-25-18-11-9-17(10-12-18)21-20-16-7-5-15(6-8-16)19(23)24/h5-12,22H,1-4,13-14H2,(H,23,24)/b21-20+. The summed E-state index contributed by atoms with van der Waals surface area (Å²) in [4.78, 5) is 10.8. The van der Waals surface area contributed by atoms with E-state index in [1.165, 1.54) is 12.1 Å². The maximum absolute atomic E-state index is 10.8. The van der Waals surface area contributed by atoms with Crippen molar-refractivity contribution in [1.82, 2.24) is 0 Å². The summed E-state index contributed by atoms with van der Waals surface area (Å²) >= 11 is 0. The number of unbranched alkanes of at least 4 members (excludes halogenated alkanes) is 3. The SMILES string of the molecule is O=C(O)c1ccc(/N=N/c2ccc(OCCCCCCO)cc2)cc1. The largest absolute Gasteiger partial charge is 0.494 e. The number of carbonyl (C=O) groups is 1. The van der Waals surface area contributed by atoms with Crippen LogP contribution in [0.25, 0.3) is 0 Å². The molecule has 25 heavy (non-hydrogen) atoms. The highest BCUT2D eigenvalue weighted by atomic mass is 16.5. The van der Waals surface area contributed by atoms with Crippen LogP contribution in [0.5, 0.6) is 5.75 Å². The molecule has 2 aromatic rings. The minimum Gasteiger partial charge on any atom is -0.494 e. The Bertz CT molecular complexity index is 682. The van der Waals surface area contributed by atoms with Crippen LogP contribution in [0, 0.1) is 0 Å². The summed E-state index contributed by atoms with van der Waals surface area (Å²) in [5.74, 6) is -0.181. The van der Waals surface area contributed by atoms with Crippen LogP contribution in [0.2, 0.25) is 0 Å². The van der Waals surface area contributed by atoms with Crippen molar-refractivity contribution in [2.45, 2.75) is 25.7 Å². The molecular formula is C19H22N2O4. The number of aromatic carboxylic acids is 1. The van der Waals surface area contributed by atoms with Gasteiger partial charge in [0, 0.05) is 6.61 Å². The Morgan fingerprint density at radius 2 is 1.40 bits per heavy atom. The molecule has 0 bridgehead atoms. The summed E-state index contributed by atoms with van der Waals surface area (Å²) < 4.78 is 5.65. The van der Waals surface area contributed by atoms with Crippen LogP contribution < -0.4 is 4.74 Å². The lowest BCUT2D eigenvalue weighted by Gasteiger charge is -2.05. The number of benzene rings is 2. The highest BCUT2D eigenvalue weighted by molar-refractivity contribution is 5.87. The fourth-order valence-electron chi connectivity index (χ4n) is 2.15. The maximum Gasteiger partial charge on any atom is 0.335 e. The molecule has 0 saturated heterocycles. The normalized spacial score (nSPS) is 10.9. The van der Waals surface area contributed by atoms with Crippen molar-refractivity contribution in [3.8, 4) is 5.75 Å². The van der Waals surface area contributed by atoms with E-state index in [0.29, 0.717) is 18.0 Å². The van der Waals surface area contributed by atoms with Crippen LogP contribution in [0.1, 0.15) is 36.0 Å². The molecule has 0 aromatic heterocycles. The number of aliphatic hydroxyl groups excluding tert-OH is 1. The zero-order valence-corrected chi connectivity index (χ0v) is 14.0. The molecule has 0 radical (unpaired) electrons. The summed E-state index contributed by atoms with van der Waals surface area (Å²) in [6.07, 6.45) is 3.88. The number of carboxylic acids is 1. The van der Waals surface area contributed by atoms with Crippen molar-refractivity contribution < 1.29 is 19.7 Å². The van der Waals surface area contributed by atoms with E-state index in [2.05, 4.69) is 10.2 Å². The Hall–Kier alpha value is -2.73. The quantitative estimate of drug-likeness (QED) is 0.482. The molecule has 0 amide bonds. The minimum atomic E-state index is -0.965. The number of hydrogen-bond donors (Lipinski definition) is 2. The summed E-state index contributed by atoms with van der Waals surface area (Å²) in [5.41, 5.74) is 1.50. The molecule has 0 fully saturated rings. The smallest absolute Gasteiger partial charge is 0.335 e. The van der Waals surface area contributed by atoms with E-state index in [-0.39, 0.29) is 12.2 Å². The molecular weight excluding hydrogens is 320 g/mol. The van der Waals surface area contributed by atoms with Gasteiger partial charge >= 0.3 is 5.97 Å². The van der Waals surface area contributed by atoms with Gasteiger partial charge in [0.15, 0.2) is 0 Å². The number of aliphatic hydroxyl groups is 1. The Balaban J connectivity index is 1.80. The molecule has 0 unspecified atom stereocenters. The third kappa shape index (κ3) is 6.73. The Morgan fingerprint density at radius 3 is 1.96 bits per heavy atom. The molecule has 2 N–H and O–H groups in total. The first-order valence-electron chi connectivity index (χ1n) is 8.28. The lowest BCUT2D eigenvalue weighted by molar-refractivity contribution is 0.0697. The predicted octanol–water partition coefficient (Wildman–Crippen LogP) is 4.73. The minimum absolute atomic E-state index is 0.219. The molecule has 0 saturated carbocycles. The first kappa shape index (κ1) is 18.6. The maximum atomic E-state index is 10.8. The van der Waals surface area contributed by atoms with Crippen molar-refractivity contribution in [2.24, 2.45) is 10.2 Å². The lowest BCUT2D eigenvalue weighted by Crippen LogP contribution is -1.97. The molecule has 6 nitrogen and oxygen atoms in total. The fraction of sp³-hybridized carbons (Fsp3) is 0.316. The van der Waals surface area contributed by atoms with Crippen molar-refractivity contribution in [3.63, 3.8) is 0 Å². The van der Waals surface area contributed by atoms with E-state index >= 15 is 0 Å². The lowest BCUT2D eigenvalue weighted by atomic mass is 10.2. The molecule has 6 heteroatoms. The molecule has 0 aliphatic carbocycles. The van der Waals surface area contributed by atoms with Gasteiger partial charge in [0.05, 0.1) is 23.5 Å². The van der Waals surface area contributed by atoms with E-state index in [1.807, 2.05) is 24.3 Å². The number of carboxylic acid groups (broad SMARTS) is 1. The van der Waals surface area contributed by atoms with Gasteiger partial charge in [-0.05, 0) is 67.8 Å². The molecule has 2 aromatic carbocycles. The van der Waals surface area contributed by atoms with E-state index in [1.54, 1.807) is 12.1 Å². The number of hydrogen-bond acceptors (Lipinski definition) is 5. The van der Waals surface area contributed by atoms with E-state index in [0.717, 1.165) is 31.4 Å². The highest BCUT2D eigenvalue weighted by Crippen LogP contribution is 2.21. The summed E-state index contributed by atoms with van der Waals surface area (Å²) in [6.45, 7) is 0.906. The third-order valence-electron chi connectivity index (χ3n) is 3.55. The average molecular weight is 342 g/mol. The second-order valence-electron chi connectivity index (χ2n) is 5.53. The molecule has 0 aliphatic heterocycles. The molecule has 0 spiro atoms. The number of nitrogens with zero attached hydrogens (tertiary/aromatic N) is 2. The highest BCUT2D eigenvalue weighted by Gasteiger charge is 2.01. The third-order valence-corrected chi connectivity index (χ3v) is 3.55. The second-order valence-corrected chi connectivity index (χ2v) is 5.53. The Morgan fingerprint density at radius 1 is 0.840 bits per heavy atom. The number of rotatable bonds is 10. The fourth-order valence-corrected chi connectivity index (χ4v) is 2.15. The van der Waals surface area contributed by atoms with Gasteiger partial charge in [-0.1, -0.05) is 6.42 Å². The van der Waals surface area contributed by atoms with Crippen LogP contribution in [0.3, 0.4) is 0 Å². The molecule has 132 valence electrons. The topological polar surface area (TPSA) is 91.5 Å². The van der Waals surface area contributed by atoms with Gasteiger partial charge in [0.25, 0.3) is 0 Å². The average Bonchev–Trinajstić information content (AvgIpc) is 2.64. The van der Waals surface area contributed by atoms with E-state index in [4.69, 9.17) is 14.9 Å². The van der Waals surface area contributed by atoms with Crippen LogP contribution in [0.4, 0.5) is 11.4 Å². The summed E-state index contributed by atoms with van der Waals surface area (Å²) in [6, 6.07) is 13.5. The van der Waals surface area contributed by atoms with Crippen molar-refractivity contribution in [1.29, 1.82) is 0 Å². The van der Waals surface area contributed by atoms with E-state index in [9.17, 15) is 4.79 Å². The van der Waals surface area contributed by atoms with Gasteiger partial charge < -0.3 is 14.9 Å². The van der Waals surface area contributed by atoms with E-state index < -0.39 is 5.97 Å². The molecule has 0 atom stereocenters. The van der Waals surface area contributed by atoms with Crippen molar-refractivity contribution >= 4 is 17.3 Å². The molecule has 0 aliphatic rings. The van der Waals surface area contributed by atoms with Gasteiger partial charge in [-0.15, -0.1) is 0 Å². The first-order chi connectivity index (χ1) is 12.2. The number of ether oxygens (including phenoxy) is 1. The predicted molar refractivity (Wildman–Crippen MR) is 95.1 cm³/mol. The first-order valence-corrected chi connectivity index (χ1v) is 8.28. The van der Waals surface area contributed by atoms with Crippen molar-refractivity contribution in [2.75, 3.05) is 13.2 Å². The monoisotopic (exact) mass is 342 g/mol. The summed E-state index contributed by atoms with van der Waals surface area (Å²) in [5, 5.41) is 25.8. The van der Waals surface area contributed by atoms with Gasteiger partial charge in [-0.25, -0.2) is 4.79 Å². The zero-order valence-electron chi connectivity index (χ0n) is 14.0. The van der Waals surface area contributed by atoms with Gasteiger partial charge in [-0.2, -0.15) is 10.2 Å². The van der Waals surface area contributed by atoms with Crippen LogP contribution in [0.15, 0.2) is 58.8 Å². The Kier molecular flexibility index (Phi) is 7.59. The molecule has 0 heterocycles. The second kappa shape index (κ2) is 10.2. The van der Waals surface area contributed by atoms with Crippen LogP contribution in [-0.4, -0.2) is 29.4 Å². The van der Waals surface area contributed by atoms with Gasteiger partial charge in [-0.3, -0.25) is 0 Å². The van der Waals surface area contributed by atoms with Crippen molar-refractivity contribution in [3.05, 3.63) is 54.1 Å². The van der Waals surface area contributed by atoms with Crippen LogP contribution in [-0.2, 0) is 0 Å². The van der Waals surface area contributed by atoms with Gasteiger partial charge in [0.2, 0.25) is 0 Å². The molecule has 2 rings (SSSR count). The zero-order chi connectivity index (χ0) is 17.9. The van der Waals surface area contributed by atoms with Crippen LogP contribution >= 0.6 is 0 Å². The summed E-state index contributed by atoms with van der Waals surface area (Å²) in [7, 11) is 0. The number of azo groups is 1. The van der Waals surface area contributed by atoms with Gasteiger partial charge in [0.1, 0.15) is 5.75 Å². The Labute approximate surface area is 146 Å².